The average Bonchev–Trinajstić information content (AvgIpc) is 2.16. The molecule has 1 heterocycles. The van der Waals surface area contributed by atoms with E-state index in [0.29, 0.717) is 0 Å². The van der Waals surface area contributed by atoms with Gasteiger partial charge in [-0.3, -0.25) is 4.79 Å². The first kappa shape index (κ1) is 10.8. The van der Waals surface area contributed by atoms with E-state index >= 15 is 0 Å². The van der Waals surface area contributed by atoms with Crippen LogP contribution in [-0.4, -0.2) is 17.3 Å². The Hall–Kier alpha value is -1.23. The van der Waals surface area contributed by atoms with Gasteiger partial charge >= 0.3 is 0 Å². The van der Waals surface area contributed by atoms with Crippen molar-refractivity contribution in [3.05, 3.63) is 23.4 Å². The number of pyridine rings is 1. The highest BCUT2D eigenvalue weighted by molar-refractivity contribution is 6.67. The number of alkyl halides is 2. The van der Waals surface area contributed by atoms with Gasteiger partial charge in [0.05, 0.1) is 7.11 Å². The number of rotatable bonds is 3. The molecule has 0 unspecified atom stereocenters. The van der Waals surface area contributed by atoms with Gasteiger partial charge < -0.3 is 4.74 Å². The lowest BCUT2D eigenvalue weighted by molar-refractivity contribution is 0.108. The zero-order chi connectivity index (χ0) is 10.7. The average molecular weight is 222 g/mol. The van der Waals surface area contributed by atoms with E-state index in [1.165, 1.54) is 13.2 Å². The Balaban J connectivity index is 3.20. The molecule has 0 saturated carbocycles. The monoisotopic (exact) mass is 221 g/mol. The summed E-state index contributed by atoms with van der Waals surface area (Å²) in [5, 5.41) is -0.826. The van der Waals surface area contributed by atoms with Crippen LogP contribution in [0.25, 0.3) is 0 Å². The van der Waals surface area contributed by atoms with Gasteiger partial charge in [0.1, 0.15) is 5.69 Å². The normalized spacial score (nSPS) is 10.4. The fraction of sp³-hybridized carbons (Fsp3) is 0.250. The van der Waals surface area contributed by atoms with E-state index in [1.54, 1.807) is 0 Å². The first-order valence-electron chi connectivity index (χ1n) is 3.58. The van der Waals surface area contributed by atoms with Crippen molar-refractivity contribution in [2.75, 3.05) is 7.11 Å². The van der Waals surface area contributed by atoms with Crippen LogP contribution in [0.1, 0.15) is 22.5 Å². The van der Waals surface area contributed by atoms with Gasteiger partial charge in [0.25, 0.3) is 11.7 Å². The molecule has 1 aromatic heterocycles. The number of halogens is 3. The SMILES string of the molecule is COc1cc(C(=O)Cl)cc(C(F)F)n1. The molecule has 0 fully saturated rings. The van der Waals surface area contributed by atoms with Crippen LogP contribution in [0, 0.1) is 0 Å². The Bertz CT molecular complexity index is 357. The Morgan fingerprint density at radius 1 is 1.57 bits per heavy atom. The van der Waals surface area contributed by atoms with Gasteiger partial charge in [0, 0.05) is 11.6 Å². The van der Waals surface area contributed by atoms with Crippen molar-refractivity contribution in [2.24, 2.45) is 0 Å². The molecule has 0 saturated heterocycles. The maximum atomic E-state index is 12.3. The second-order valence-corrected chi connectivity index (χ2v) is 2.74. The number of hydrogen-bond acceptors (Lipinski definition) is 3. The van der Waals surface area contributed by atoms with Crippen LogP contribution >= 0.6 is 11.6 Å². The van der Waals surface area contributed by atoms with Gasteiger partial charge in [-0.05, 0) is 17.7 Å². The molecule has 0 aliphatic rings. The summed E-state index contributed by atoms with van der Waals surface area (Å²) in [6, 6.07) is 2.13. The summed E-state index contributed by atoms with van der Waals surface area (Å²) in [5.74, 6) is -0.0631. The zero-order valence-corrected chi connectivity index (χ0v) is 7.89. The Labute approximate surface area is 83.7 Å². The quantitative estimate of drug-likeness (QED) is 0.736. The smallest absolute Gasteiger partial charge is 0.280 e. The van der Waals surface area contributed by atoms with E-state index in [0.717, 1.165) is 6.07 Å². The predicted molar refractivity (Wildman–Crippen MR) is 45.9 cm³/mol. The minimum atomic E-state index is -2.76. The van der Waals surface area contributed by atoms with Crippen LogP contribution in [0.4, 0.5) is 8.78 Å². The lowest BCUT2D eigenvalue weighted by atomic mass is 10.2. The highest BCUT2D eigenvalue weighted by Crippen LogP contribution is 2.22. The lowest BCUT2D eigenvalue weighted by Gasteiger charge is -2.04. The van der Waals surface area contributed by atoms with Gasteiger partial charge in [-0.15, -0.1) is 0 Å². The Morgan fingerprint density at radius 2 is 2.21 bits per heavy atom. The fourth-order valence-electron chi connectivity index (χ4n) is 0.856. The summed E-state index contributed by atoms with van der Waals surface area (Å²) in [6.07, 6.45) is -2.76. The second-order valence-electron chi connectivity index (χ2n) is 2.40. The van der Waals surface area contributed by atoms with Gasteiger partial charge in [-0.25, -0.2) is 13.8 Å². The van der Waals surface area contributed by atoms with Crippen molar-refractivity contribution in [2.45, 2.75) is 6.43 Å². The fourth-order valence-corrected chi connectivity index (χ4v) is 0.965. The third kappa shape index (κ3) is 2.38. The predicted octanol–water partition coefficient (Wildman–Crippen LogP) is 2.41. The number of carbonyl (C=O) groups is 1. The first-order chi connectivity index (χ1) is 6.54. The standard InChI is InChI=1S/C8H6ClF2NO2/c1-14-6-3-4(7(9)13)2-5(12-6)8(10)11/h2-3,8H,1H3. The number of ether oxygens (including phenoxy) is 1. The van der Waals surface area contributed by atoms with E-state index in [4.69, 9.17) is 11.6 Å². The van der Waals surface area contributed by atoms with Gasteiger partial charge in [0.15, 0.2) is 0 Å². The van der Waals surface area contributed by atoms with Crippen molar-refractivity contribution >= 4 is 16.8 Å². The molecular weight excluding hydrogens is 216 g/mol. The summed E-state index contributed by atoms with van der Waals surface area (Å²) in [4.78, 5) is 14.2. The molecule has 0 N–H and O–H groups in total. The van der Waals surface area contributed by atoms with Crippen molar-refractivity contribution in [1.29, 1.82) is 0 Å². The van der Waals surface area contributed by atoms with Crippen molar-refractivity contribution in [3.63, 3.8) is 0 Å². The van der Waals surface area contributed by atoms with E-state index in [9.17, 15) is 13.6 Å². The molecule has 0 aliphatic carbocycles. The molecule has 1 rings (SSSR count). The maximum Gasteiger partial charge on any atom is 0.280 e. The summed E-state index contributed by atoms with van der Waals surface area (Å²) in [7, 11) is 1.26. The van der Waals surface area contributed by atoms with Crippen molar-refractivity contribution < 1.29 is 18.3 Å². The molecule has 0 amide bonds. The Morgan fingerprint density at radius 3 is 2.64 bits per heavy atom. The topological polar surface area (TPSA) is 39.2 Å². The highest BCUT2D eigenvalue weighted by Gasteiger charge is 2.14. The maximum absolute atomic E-state index is 12.3. The molecule has 0 aliphatic heterocycles. The molecule has 0 aromatic carbocycles. The van der Waals surface area contributed by atoms with E-state index in [-0.39, 0.29) is 11.4 Å². The van der Waals surface area contributed by atoms with Gasteiger partial charge in [-0.2, -0.15) is 0 Å². The second kappa shape index (κ2) is 4.32. The third-order valence-electron chi connectivity index (χ3n) is 1.48. The number of methoxy groups -OCH3 is 1. The van der Waals surface area contributed by atoms with Crippen LogP contribution in [0.5, 0.6) is 5.88 Å². The highest BCUT2D eigenvalue weighted by atomic mass is 35.5. The lowest BCUT2D eigenvalue weighted by Crippen LogP contribution is -1.99. The molecule has 3 nitrogen and oxygen atoms in total. The molecule has 0 atom stereocenters. The first-order valence-corrected chi connectivity index (χ1v) is 3.96. The molecule has 0 spiro atoms. The molecule has 1 aromatic rings. The van der Waals surface area contributed by atoms with E-state index < -0.39 is 17.4 Å². The number of carbonyl (C=O) groups excluding carboxylic acids is 1. The summed E-state index contributed by atoms with van der Waals surface area (Å²) >= 11 is 5.14. The molecule has 0 radical (unpaired) electrons. The summed E-state index contributed by atoms with van der Waals surface area (Å²) in [6.45, 7) is 0. The van der Waals surface area contributed by atoms with Crippen molar-refractivity contribution in [3.8, 4) is 5.88 Å². The van der Waals surface area contributed by atoms with Crippen LogP contribution in [0.3, 0.4) is 0 Å². The summed E-state index contributed by atoms with van der Waals surface area (Å²) < 4.78 is 29.1. The van der Waals surface area contributed by atoms with Crippen LogP contribution < -0.4 is 4.74 Å². The number of hydrogen-bond donors (Lipinski definition) is 0. The van der Waals surface area contributed by atoms with E-state index in [1.807, 2.05) is 0 Å². The minimum Gasteiger partial charge on any atom is -0.481 e. The zero-order valence-electron chi connectivity index (χ0n) is 7.13. The van der Waals surface area contributed by atoms with E-state index in [2.05, 4.69) is 9.72 Å². The van der Waals surface area contributed by atoms with Crippen LogP contribution in [0.15, 0.2) is 12.1 Å². The molecule has 6 heteroatoms. The van der Waals surface area contributed by atoms with Gasteiger partial charge in [-0.1, -0.05) is 0 Å². The molecular formula is C8H6ClF2NO2. The number of nitrogens with zero attached hydrogens (tertiary/aromatic N) is 1. The largest absolute Gasteiger partial charge is 0.481 e. The Kier molecular flexibility index (Phi) is 3.35. The van der Waals surface area contributed by atoms with Crippen LogP contribution in [0.2, 0.25) is 0 Å². The summed E-state index contributed by atoms with van der Waals surface area (Å²) in [5.41, 5.74) is -0.595. The van der Waals surface area contributed by atoms with Crippen LogP contribution in [-0.2, 0) is 0 Å². The third-order valence-corrected chi connectivity index (χ3v) is 1.70. The van der Waals surface area contributed by atoms with Gasteiger partial charge in [0.2, 0.25) is 5.88 Å². The molecule has 0 bridgehead atoms. The van der Waals surface area contributed by atoms with Crippen molar-refractivity contribution in [1.82, 2.24) is 4.98 Å². The minimum absolute atomic E-state index is 0.0613. The molecule has 14 heavy (non-hydrogen) atoms. The molecule has 76 valence electrons. The number of aromatic nitrogens is 1.